The van der Waals surface area contributed by atoms with Crippen molar-refractivity contribution in [1.29, 1.82) is 0 Å². The van der Waals surface area contributed by atoms with Gasteiger partial charge in [-0.05, 0) is 43.9 Å². The minimum absolute atomic E-state index is 0.293. The summed E-state index contributed by atoms with van der Waals surface area (Å²) in [5.41, 5.74) is 1.07. The second kappa shape index (κ2) is 7.44. The van der Waals surface area contributed by atoms with E-state index in [2.05, 4.69) is 20.2 Å². The van der Waals surface area contributed by atoms with E-state index in [1.807, 2.05) is 12.4 Å². The van der Waals surface area contributed by atoms with Crippen LogP contribution in [0.3, 0.4) is 0 Å². The van der Waals surface area contributed by atoms with E-state index >= 15 is 0 Å². The molecule has 1 N–H and O–H groups in total. The number of hydrogen-bond donors (Lipinski definition) is 1. The third-order valence-electron chi connectivity index (χ3n) is 6.12. The van der Waals surface area contributed by atoms with E-state index in [9.17, 15) is 4.39 Å². The van der Waals surface area contributed by atoms with Gasteiger partial charge in [-0.3, -0.25) is 4.90 Å². The fourth-order valence-corrected chi connectivity index (χ4v) is 4.69. The average molecular weight is 332 g/mol. The van der Waals surface area contributed by atoms with Crippen LogP contribution in [-0.4, -0.2) is 46.2 Å². The summed E-state index contributed by atoms with van der Waals surface area (Å²) < 4.78 is 14.0. The second-order valence-electron chi connectivity index (χ2n) is 8.03. The van der Waals surface area contributed by atoms with Gasteiger partial charge in [0, 0.05) is 49.7 Å². The van der Waals surface area contributed by atoms with E-state index in [1.54, 1.807) is 6.33 Å². The monoisotopic (exact) mass is 332 g/mol. The first-order valence-electron chi connectivity index (χ1n) is 9.63. The van der Waals surface area contributed by atoms with Crippen molar-refractivity contribution in [2.75, 3.05) is 13.1 Å². The molecule has 1 saturated heterocycles. The molecule has 2 saturated carbocycles. The minimum atomic E-state index is -0.702. The van der Waals surface area contributed by atoms with E-state index in [0.717, 1.165) is 30.5 Å². The Bertz CT molecular complexity index is 521. The molecule has 1 aromatic heterocycles. The fourth-order valence-electron chi connectivity index (χ4n) is 4.69. The third-order valence-corrected chi connectivity index (χ3v) is 6.12. The van der Waals surface area contributed by atoms with Crippen LogP contribution in [0.1, 0.15) is 50.5 Å². The number of hydrogen-bond acceptors (Lipinski definition) is 4. The van der Waals surface area contributed by atoms with Gasteiger partial charge in [0.2, 0.25) is 0 Å². The van der Waals surface area contributed by atoms with Gasteiger partial charge in [-0.1, -0.05) is 12.8 Å². The first-order chi connectivity index (χ1) is 11.8. The van der Waals surface area contributed by atoms with Crippen molar-refractivity contribution in [1.82, 2.24) is 20.2 Å². The third kappa shape index (κ3) is 4.12. The van der Waals surface area contributed by atoms with Gasteiger partial charge in [0.05, 0.1) is 0 Å². The van der Waals surface area contributed by atoms with Crippen LogP contribution in [0.15, 0.2) is 18.7 Å². The standard InChI is InChI=1S/C19H29FN4/c20-17-7-19(24(12-17)11-14-8-21-13-22-9-14)10-23-18-3-1-2-16(6-18)15-4-5-15/h8-9,13,15-19,23H,1-7,10-12H2/t16-,17+,18+,19+/m1/s1. The summed E-state index contributed by atoms with van der Waals surface area (Å²) in [5, 5.41) is 3.77. The molecule has 0 bridgehead atoms. The van der Waals surface area contributed by atoms with Crippen LogP contribution in [0.4, 0.5) is 4.39 Å². The van der Waals surface area contributed by atoms with Crippen LogP contribution in [0.2, 0.25) is 0 Å². The molecule has 3 aliphatic rings. The highest BCUT2D eigenvalue weighted by atomic mass is 19.1. The van der Waals surface area contributed by atoms with E-state index in [-0.39, 0.29) is 0 Å². The highest BCUT2D eigenvalue weighted by molar-refractivity contribution is 5.04. The van der Waals surface area contributed by atoms with E-state index < -0.39 is 6.17 Å². The molecule has 4 atom stereocenters. The maximum Gasteiger partial charge on any atom is 0.115 e. The largest absolute Gasteiger partial charge is 0.312 e. The van der Waals surface area contributed by atoms with Crippen molar-refractivity contribution in [3.63, 3.8) is 0 Å². The topological polar surface area (TPSA) is 41.0 Å². The molecule has 1 aliphatic heterocycles. The molecule has 2 aliphatic carbocycles. The Morgan fingerprint density at radius 3 is 2.71 bits per heavy atom. The van der Waals surface area contributed by atoms with E-state index in [0.29, 0.717) is 25.0 Å². The van der Waals surface area contributed by atoms with Gasteiger partial charge in [-0.25, -0.2) is 14.4 Å². The number of nitrogens with zero attached hydrogens (tertiary/aromatic N) is 3. The minimum Gasteiger partial charge on any atom is -0.312 e. The summed E-state index contributed by atoms with van der Waals surface area (Å²) in [4.78, 5) is 10.4. The van der Waals surface area contributed by atoms with Crippen molar-refractivity contribution in [3.05, 3.63) is 24.3 Å². The Kier molecular flexibility index (Phi) is 5.09. The van der Waals surface area contributed by atoms with Crippen LogP contribution in [0.25, 0.3) is 0 Å². The molecule has 0 unspecified atom stereocenters. The van der Waals surface area contributed by atoms with Gasteiger partial charge in [0.15, 0.2) is 0 Å². The summed E-state index contributed by atoms with van der Waals surface area (Å²) in [6.07, 6.45) is 13.5. The van der Waals surface area contributed by atoms with E-state index in [4.69, 9.17) is 0 Å². The molecule has 4 nitrogen and oxygen atoms in total. The zero-order valence-electron chi connectivity index (χ0n) is 14.4. The molecular weight excluding hydrogens is 303 g/mol. The van der Waals surface area contributed by atoms with Crippen molar-refractivity contribution in [2.45, 2.75) is 69.7 Å². The van der Waals surface area contributed by atoms with Crippen LogP contribution in [-0.2, 0) is 6.54 Å². The quantitative estimate of drug-likeness (QED) is 0.869. The zero-order valence-corrected chi connectivity index (χ0v) is 14.4. The molecule has 132 valence electrons. The highest BCUT2D eigenvalue weighted by Crippen LogP contribution is 2.43. The van der Waals surface area contributed by atoms with Crippen molar-refractivity contribution in [3.8, 4) is 0 Å². The maximum atomic E-state index is 14.0. The summed E-state index contributed by atoms with van der Waals surface area (Å²) in [5.74, 6) is 1.97. The van der Waals surface area contributed by atoms with Crippen molar-refractivity contribution >= 4 is 0 Å². The van der Waals surface area contributed by atoms with Crippen molar-refractivity contribution in [2.24, 2.45) is 11.8 Å². The molecule has 4 rings (SSSR count). The number of alkyl halides is 1. The van der Waals surface area contributed by atoms with Crippen LogP contribution < -0.4 is 5.32 Å². The van der Waals surface area contributed by atoms with Gasteiger partial charge >= 0.3 is 0 Å². The first-order valence-corrected chi connectivity index (χ1v) is 9.63. The Labute approximate surface area is 144 Å². The lowest BCUT2D eigenvalue weighted by molar-refractivity contribution is 0.208. The lowest BCUT2D eigenvalue weighted by Crippen LogP contribution is -2.43. The fraction of sp³-hybridized carbons (Fsp3) is 0.789. The Balaban J connectivity index is 1.29. The SMILES string of the molecule is F[C@H]1C[C@@H](CN[C@H]2CCC[C@@H](C3CC3)C2)N(Cc2cncnc2)C1. The lowest BCUT2D eigenvalue weighted by Gasteiger charge is -2.32. The molecule has 3 fully saturated rings. The molecule has 0 spiro atoms. The number of halogens is 1. The summed E-state index contributed by atoms with van der Waals surface area (Å²) in [6, 6.07) is 0.937. The average Bonchev–Trinajstić information content (AvgIpc) is 3.39. The number of aromatic nitrogens is 2. The Morgan fingerprint density at radius 1 is 1.08 bits per heavy atom. The smallest absolute Gasteiger partial charge is 0.115 e. The number of rotatable bonds is 6. The van der Waals surface area contributed by atoms with Gasteiger partial charge < -0.3 is 5.32 Å². The molecule has 5 heteroatoms. The maximum absolute atomic E-state index is 14.0. The molecule has 1 aromatic rings. The van der Waals surface area contributed by atoms with Gasteiger partial charge in [-0.15, -0.1) is 0 Å². The highest BCUT2D eigenvalue weighted by Gasteiger charge is 2.36. The molecule has 24 heavy (non-hydrogen) atoms. The zero-order chi connectivity index (χ0) is 16.4. The molecule has 0 amide bonds. The lowest BCUT2D eigenvalue weighted by atomic mass is 9.82. The molecule has 0 radical (unpaired) electrons. The molecular formula is C19H29FN4. The van der Waals surface area contributed by atoms with Gasteiger partial charge in [0.1, 0.15) is 12.5 Å². The molecule has 2 heterocycles. The number of likely N-dealkylation sites (tertiary alicyclic amines) is 1. The Morgan fingerprint density at radius 2 is 1.92 bits per heavy atom. The Hall–Kier alpha value is -1.07. The van der Waals surface area contributed by atoms with Crippen molar-refractivity contribution < 1.29 is 4.39 Å². The predicted molar refractivity (Wildman–Crippen MR) is 92.2 cm³/mol. The van der Waals surface area contributed by atoms with Gasteiger partial charge in [0.25, 0.3) is 0 Å². The van der Waals surface area contributed by atoms with E-state index in [1.165, 1.54) is 38.5 Å². The first kappa shape index (κ1) is 16.4. The summed E-state index contributed by atoms with van der Waals surface area (Å²) in [7, 11) is 0. The van der Waals surface area contributed by atoms with Gasteiger partial charge in [-0.2, -0.15) is 0 Å². The van der Waals surface area contributed by atoms with Crippen LogP contribution in [0, 0.1) is 11.8 Å². The second-order valence-corrected chi connectivity index (χ2v) is 8.03. The molecule has 0 aromatic carbocycles. The van der Waals surface area contributed by atoms with Crippen LogP contribution in [0.5, 0.6) is 0 Å². The normalized spacial score (nSPS) is 34.5. The predicted octanol–water partition coefficient (Wildman–Crippen LogP) is 2.95. The number of nitrogens with one attached hydrogen (secondary N) is 1. The van der Waals surface area contributed by atoms with Crippen LogP contribution >= 0.6 is 0 Å². The summed E-state index contributed by atoms with van der Waals surface area (Å²) in [6.45, 7) is 2.20. The summed E-state index contributed by atoms with van der Waals surface area (Å²) >= 11 is 0.